The average Bonchev–Trinajstić information content (AvgIpc) is 3.12. The zero-order chi connectivity index (χ0) is 18.2. The van der Waals surface area contributed by atoms with Crippen molar-refractivity contribution in [3.63, 3.8) is 0 Å². The number of halogens is 1. The zero-order valence-corrected chi connectivity index (χ0v) is 14.8. The summed E-state index contributed by atoms with van der Waals surface area (Å²) in [6.07, 6.45) is 2.01. The number of hydrogen-bond acceptors (Lipinski definition) is 6. The van der Waals surface area contributed by atoms with Crippen LogP contribution in [0, 0.1) is 6.92 Å². The Bertz CT molecular complexity index is 763. The standard InChI is InChI=1S/C16H23FN6O2/c1-9(2)14-21-22-15(25-14)19-8-16(17)5-11(6-16)20-13(24)12-7-18-10(3)23(12)4/h7,9,11H,5-6,8H2,1-4H3,(H,19,22)(H,20,24). The fraction of sp³-hybridized carbons (Fsp3) is 0.625. The molecule has 0 bridgehead atoms. The van der Waals surface area contributed by atoms with Crippen molar-refractivity contribution in [2.24, 2.45) is 7.05 Å². The molecular weight excluding hydrogens is 327 g/mol. The Morgan fingerprint density at radius 3 is 2.76 bits per heavy atom. The first-order chi connectivity index (χ1) is 11.8. The maximum absolute atomic E-state index is 14.6. The molecule has 2 aromatic heterocycles. The van der Waals surface area contributed by atoms with Gasteiger partial charge in [0.25, 0.3) is 5.91 Å². The number of aromatic nitrogens is 4. The van der Waals surface area contributed by atoms with Crippen LogP contribution in [0.3, 0.4) is 0 Å². The van der Waals surface area contributed by atoms with Gasteiger partial charge in [-0.05, 0) is 6.92 Å². The van der Waals surface area contributed by atoms with E-state index in [1.54, 1.807) is 11.6 Å². The molecule has 3 rings (SSSR count). The summed E-state index contributed by atoms with van der Waals surface area (Å²) in [5.74, 6) is 1.16. The largest absolute Gasteiger partial charge is 0.408 e. The molecule has 0 aliphatic heterocycles. The summed E-state index contributed by atoms with van der Waals surface area (Å²) in [6, 6.07) is 0.0296. The Kier molecular flexibility index (Phi) is 4.49. The minimum Gasteiger partial charge on any atom is -0.408 e. The second-order valence-corrected chi connectivity index (χ2v) is 6.93. The van der Waals surface area contributed by atoms with Crippen LogP contribution < -0.4 is 10.6 Å². The Morgan fingerprint density at radius 1 is 1.48 bits per heavy atom. The third kappa shape index (κ3) is 3.64. The highest BCUT2D eigenvalue weighted by molar-refractivity contribution is 5.92. The van der Waals surface area contributed by atoms with Crippen molar-refractivity contribution >= 4 is 11.9 Å². The van der Waals surface area contributed by atoms with Crippen LogP contribution in [0.15, 0.2) is 10.6 Å². The van der Waals surface area contributed by atoms with E-state index in [0.29, 0.717) is 11.6 Å². The highest BCUT2D eigenvalue weighted by Crippen LogP contribution is 2.36. The molecule has 0 saturated heterocycles. The van der Waals surface area contributed by atoms with Crippen molar-refractivity contribution in [1.29, 1.82) is 0 Å². The molecule has 1 saturated carbocycles. The van der Waals surface area contributed by atoms with Gasteiger partial charge in [0.2, 0.25) is 5.89 Å². The SMILES string of the molecule is Cc1ncc(C(=O)NC2CC(F)(CNc3nnc(C(C)C)o3)C2)n1C. The van der Waals surface area contributed by atoms with Crippen LogP contribution in [0.2, 0.25) is 0 Å². The van der Waals surface area contributed by atoms with E-state index in [2.05, 4.69) is 25.8 Å². The van der Waals surface area contributed by atoms with Crippen LogP contribution in [0.1, 0.15) is 54.8 Å². The lowest BCUT2D eigenvalue weighted by molar-refractivity contribution is 0.0388. The van der Waals surface area contributed by atoms with Gasteiger partial charge in [0.15, 0.2) is 0 Å². The van der Waals surface area contributed by atoms with Gasteiger partial charge in [0.1, 0.15) is 17.2 Å². The first-order valence-electron chi connectivity index (χ1n) is 8.33. The summed E-state index contributed by atoms with van der Waals surface area (Å²) in [5.41, 5.74) is -0.925. The number of rotatable bonds is 6. The number of hydrogen-bond donors (Lipinski definition) is 2. The van der Waals surface area contributed by atoms with E-state index in [1.807, 2.05) is 20.8 Å². The van der Waals surface area contributed by atoms with Gasteiger partial charge in [-0.2, -0.15) is 0 Å². The number of anilines is 1. The fourth-order valence-corrected chi connectivity index (χ4v) is 2.82. The number of nitrogens with zero attached hydrogens (tertiary/aromatic N) is 4. The van der Waals surface area contributed by atoms with Crippen molar-refractivity contribution in [1.82, 2.24) is 25.1 Å². The molecule has 0 spiro atoms. The lowest BCUT2D eigenvalue weighted by Gasteiger charge is -2.41. The Labute approximate surface area is 145 Å². The van der Waals surface area contributed by atoms with Crippen LogP contribution >= 0.6 is 0 Å². The Hall–Kier alpha value is -2.45. The maximum atomic E-state index is 14.6. The van der Waals surface area contributed by atoms with Gasteiger partial charge in [-0.3, -0.25) is 4.79 Å². The molecule has 2 N–H and O–H groups in total. The molecule has 136 valence electrons. The summed E-state index contributed by atoms with van der Waals surface area (Å²) in [5, 5.41) is 13.4. The van der Waals surface area contributed by atoms with Crippen molar-refractivity contribution in [3.05, 3.63) is 23.6 Å². The predicted molar refractivity (Wildman–Crippen MR) is 89.1 cm³/mol. The lowest BCUT2D eigenvalue weighted by Crippen LogP contribution is -2.55. The first-order valence-corrected chi connectivity index (χ1v) is 8.33. The fourth-order valence-electron chi connectivity index (χ4n) is 2.82. The molecule has 1 aliphatic carbocycles. The van der Waals surface area contributed by atoms with Gasteiger partial charge >= 0.3 is 6.01 Å². The minimum atomic E-state index is -1.40. The summed E-state index contributed by atoms with van der Waals surface area (Å²) < 4.78 is 21.7. The molecular formula is C16H23FN6O2. The summed E-state index contributed by atoms with van der Waals surface area (Å²) in [6.45, 7) is 5.78. The molecule has 8 nitrogen and oxygen atoms in total. The predicted octanol–water partition coefficient (Wildman–Crippen LogP) is 1.95. The van der Waals surface area contributed by atoms with Crippen LogP contribution in [0.25, 0.3) is 0 Å². The van der Waals surface area contributed by atoms with E-state index >= 15 is 0 Å². The maximum Gasteiger partial charge on any atom is 0.315 e. The summed E-state index contributed by atoms with van der Waals surface area (Å²) in [7, 11) is 1.78. The van der Waals surface area contributed by atoms with E-state index in [-0.39, 0.29) is 43.3 Å². The highest BCUT2D eigenvalue weighted by Gasteiger charge is 2.45. The van der Waals surface area contributed by atoms with Gasteiger partial charge in [-0.15, -0.1) is 5.10 Å². The van der Waals surface area contributed by atoms with E-state index in [1.165, 1.54) is 6.20 Å². The third-order valence-electron chi connectivity index (χ3n) is 4.50. The van der Waals surface area contributed by atoms with Gasteiger partial charge in [-0.25, -0.2) is 9.37 Å². The van der Waals surface area contributed by atoms with Crippen LogP contribution in [-0.4, -0.2) is 43.9 Å². The van der Waals surface area contributed by atoms with E-state index in [4.69, 9.17) is 4.42 Å². The van der Waals surface area contributed by atoms with Gasteiger partial charge in [0, 0.05) is 31.8 Å². The number of amides is 1. The van der Waals surface area contributed by atoms with E-state index in [0.717, 1.165) is 5.82 Å². The molecule has 25 heavy (non-hydrogen) atoms. The monoisotopic (exact) mass is 350 g/mol. The molecule has 0 radical (unpaired) electrons. The quantitative estimate of drug-likeness (QED) is 0.826. The van der Waals surface area contributed by atoms with Crippen molar-refractivity contribution in [3.8, 4) is 0 Å². The van der Waals surface area contributed by atoms with Crippen molar-refractivity contribution < 1.29 is 13.6 Å². The molecule has 1 fully saturated rings. The number of carbonyl (C=O) groups is 1. The van der Waals surface area contributed by atoms with Gasteiger partial charge in [0.05, 0.1) is 12.7 Å². The Balaban J connectivity index is 1.47. The molecule has 2 aromatic rings. The topological polar surface area (TPSA) is 97.9 Å². The Morgan fingerprint density at radius 2 is 2.20 bits per heavy atom. The molecule has 0 atom stereocenters. The minimum absolute atomic E-state index is 0.0733. The summed E-state index contributed by atoms with van der Waals surface area (Å²) in [4.78, 5) is 16.3. The molecule has 9 heteroatoms. The van der Waals surface area contributed by atoms with E-state index in [9.17, 15) is 9.18 Å². The molecule has 0 unspecified atom stereocenters. The third-order valence-corrected chi connectivity index (χ3v) is 4.50. The molecule has 1 aliphatic rings. The molecule has 1 amide bonds. The average molecular weight is 350 g/mol. The summed E-state index contributed by atoms with van der Waals surface area (Å²) >= 11 is 0. The molecule has 0 aromatic carbocycles. The normalized spacial score (nSPS) is 22.7. The van der Waals surface area contributed by atoms with Crippen molar-refractivity contribution in [2.45, 2.75) is 51.2 Å². The number of imidazole rings is 1. The highest BCUT2D eigenvalue weighted by atomic mass is 19.1. The van der Waals surface area contributed by atoms with Gasteiger partial charge < -0.3 is 19.6 Å². The van der Waals surface area contributed by atoms with Crippen LogP contribution in [0.4, 0.5) is 10.4 Å². The number of nitrogens with one attached hydrogen (secondary N) is 2. The first kappa shape index (κ1) is 17.4. The number of carbonyl (C=O) groups excluding carboxylic acids is 1. The smallest absolute Gasteiger partial charge is 0.315 e. The van der Waals surface area contributed by atoms with Crippen LogP contribution in [0.5, 0.6) is 0 Å². The van der Waals surface area contributed by atoms with Crippen LogP contribution in [-0.2, 0) is 7.05 Å². The van der Waals surface area contributed by atoms with E-state index < -0.39 is 5.67 Å². The lowest BCUT2D eigenvalue weighted by atomic mass is 9.77. The van der Waals surface area contributed by atoms with Gasteiger partial charge in [-0.1, -0.05) is 18.9 Å². The second-order valence-electron chi connectivity index (χ2n) is 6.93. The number of alkyl halides is 1. The van der Waals surface area contributed by atoms with Crippen molar-refractivity contribution in [2.75, 3.05) is 11.9 Å². The zero-order valence-electron chi connectivity index (χ0n) is 14.8. The number of aryl methyl sites for hydroxylation is 1. The molecule has 2 heterocycles. The second kappa shape index (κ2) is 6.45.